The second kappa shape index (κ2) is 4.45. The maximum absolute atomic E-state index is 14.1. The molecular formula is C15H11FN2. The Morgan fingerprint density at radius 2 is 1.72 bits per heavy atom. The third-order valence-electron chi connectivity index (χ3n) is 2.87. The van der Waals surface area contributed by atoms with Crippen LogP contribution < -0.4 is 0 Å². The van der Waals surface area contributed by atoms with Gasteiger partial charge >= 0.3 is 0 Å². The highest BCUT2D eigenvalue weighted by atomic mass is 19.1. The first-order chi connectivity index (χ1) is 8.84. The van der Waals surface area contributed by atoms with Crippen LogP contribution in [0, 0.1) is 5.82 Å². The van der Waals surface area contributed by atoms with Crippen LogP contribution in [0.3, 0.4) is 0 Å². The molecule has 0 bridgehead atoms. The van der Waals surface area contributed by atoms with Crippen molar-refractivity contribution in [2.45, 2.75) is 0 Å². The van der Waals surface area contributed by atoms with E-state index in [0.29, 0.717) is 5.56 Å². The SMILES string of the molecule is Fc1cc(-c2ccn[nH]2)ccc1-c1ccccc1. The molecule has 0 amide bonds. The van der Waals surface area contributed by atoms with Crippen molar-refractivity contribution in [3.05, 3.63) is 66.6 Å². The highest BCUT2D eigenvalue weighted by molar-refractivity contribution is 5.69. The largest absolute Gasteiger partial charge is 0.278 e. The monoisotopic (exact) mass is 238 g/mol. The molecule has 0 fully saturated rings. The normalized spacial score (nSPS) is 10.5. The summed E-state index contributed by atoms with van der Waals surface area (Å²) in [6.45, 7) is 0. The molecule has 3 rings (SSSR count). The molecule has 0 atom stereocenters. The van der Waals surface area contributed by atoms with Crippen LogP contribution in [0.15, 0.2) is 60.8 Å². The van der Waals surface area contributed by atoms with Gasteiger partial charge in [0.25, 0.3) is 0 Å². The minimum atomic E-state index is -0.228. The molecule has 3 aromatic rings. The summed E-state index contributed by atoms with van der Waals surface area (Å²) in [4.78, 5) is 0. The van der Waals surface area contributed by atoms with Crippen molar-refractivity contribution in [1.82, 2.24) is 10.2 Å². The fourth-order valence-corrected chi connectivity index (χ4v) is 1.95. The van der Waals surface area contributed by atoms with Gasteiger partial charge in [-0.1, -0.05) is 42.5 Å². The Kier molecular flexibility index (Phi) is 2.65. The third-order valence-corrected chi connectivity index (χ3v) is 2.87. The van der Waals surface area contributed by atoms with Gasteiger partial charge in [0.1, 0.15) is 5.82 Å². The van der Waals surface area contributed by atoms with E-state index in [0.717, 1.165) is 16.8 Å². The Hall–Kier alpha value is -2.42. The van der Waals surface area contributed by atoms with E-state index >= 15 is 0 Å². The van der Waals surface area contributed by atoms with Gasteiger partial charge in [0.2, 0.25) is 0 Å². The van der Waals surface area contributed by atoms with E-state index in [1.807, 2.05) is 42.5 Å². The molecule has 88 valence electrons. The summed E-state index contributed by atoms with van der Waals surface area (Å²) in [7, 11) is 0. The Morgan fingerprint density at radius 3 is 2.39 bits per heavy atom. The van der Waals surface area contributed by atoms with Crippen molar-refractivity contribution >= 4 is 0 Å². The number of nitrogens with one attached hydrogen (secondary N) is 1. The van der Waals surface area contributed by atoms with Crippen molar-refractivity contribution in [2.24, 2.45) is 0 Å². The number of nitrogens with zero attached hydrogens (tertiary/aromatic N) is 1. The lowest BCUT2D eigenvalue weighted by Gasteiger charge is -2.05. The van der Waals surface area contributed by atoms with Crippen LogP contribution in [0.1, 0.15) is 0 Å². The first-order valence-corrected chi connectivity index (χ1v) is 5.69. The Labute approximate surface area is 104 Å². The van der Waals surface area contributed by atoms with Crippen LogP contribution >= 0.6 is 0 Å². The predicted octanol–water partition coefficient (Wildman–Crippen LogP) is 3.88. The second-order valence-electron chi connectivity index (χ2n) is 4.03. The van der Waals surface area contributed by atoms with Crippen LogP contribution in [0.25, 0.3) is 22.4 Å². The van der Waals surface area contributed by atoms with Crippen LogP contribution in [-0.2, 0) is 0 Å². The molecule has 3 heteroatoms. The van der Waals surface area contributed by atoms with Crippen molar-refractivity contribution in [3.8, 4) is 22.4 Å². The molecule has 0 saturated heterocycles. The van der Waals surface area contributed by atoms with Crippen molar-refractivity contribution in [1.29, 1.82) is 0 Å². The molecule has 2 aromatic carbocycles. The summed E-state index contributed by atoms with van der Waals surface area (Å²) < 4.78 is 14.1. The van der Waals surface area contributed by atoms with Crippen LogP contribution in [0.5, 0.6) is 0 Å². The van der Waals surface area contributed by atoms with Gasteiger partial charge in [-0.3, -0.25) is 5.10 Å². The average molecular weight is 238 g/mol. The van der Waals surface area contributed by atoms with Gasteiger partial charge in [0.15, 0.2) is 0 Å². The fraction of sp³-hybridized carbons (Fsp3) is 0. The second-order valence-corrected chi connectivity index (χ2v) is 4.03. The zero-order valence-electron chi connectivity index (χ0n) is 9.60. The van der Waals surface area contributed by atoms with E-state index in [4.69, 9.17) is 0 Å². The maximum Gasteiger partial charge on any atom is 0.131 e. The molecule has 2 nitrogen and oxygen atoms in total. The number of aromatic nitrogens is 2. The summed E-state index contributed by atoms with van der Waals surface area (Å²) in [5, 5.41) is 6.68. The number of hydrogen-bond donors (Lipinski definition) is 1. The third kappa shape index (κ3) is 1.91. The van der Waals surface area contributed by atoms with Gasteiger partial charge in [0, 0.05) is 17.3 Å². The van der Waals surface area contributed by atoms with Crippen molar-refractivity contribution in [3.63, 3.8) is 0 Å². The van der Waals surface area contributed by atoms with Gasteiger partial charge in [-0.15, -0.1) is 0 Å². The molecule has 0 aliphatic carbocycles. The minimum absolute atomic E-state index is 0.228. The lowest BCUT2D eigenvalue weighted by atomic mass is 10.0. The van der Waals surface area contributed by atoms with E-state index in [9.17, 15) is 4.39 Å². The smallest absolute Gasteiger partial charge is 0.131 e. The number of halogens is 1. The lowest BCUT2D eigenvalue weighted by Crippen LogP contribution is -1.86. The van der Waals surface area contributed by atoms with Crippen LogP contribution in [-0.4, -0.2) is 10.2 Å². The van der Waals surface area contributed by atoms with Crippen LogP contribution in [0.2, 0.25) is 0 Å². The summed E-state index contributed by atoms with van der Waals surface area (Å²) in [5.41, 5.74) is 3.10. The number of hydrogen-bond acceptors (Lipinski definition) is 1. The number of rotatable bonds is 2. The molecule has 0 spiro atoms. The van der Waals surface area contributed by atoms with Crippen molar-refractivity contribution in [2.75, 3.05) is 0 Å². The topological polar surface area (TPSA) is 28.7 Å². The van der Waals surface area contributed by atoms with Crippen LogP contribution in [0.4, 0.5) is 4.39 Å². The maximum atomic E-state index is 14.1. The quantitative estimate of drug-likeness (QED) is 0.721. The summed E-state index contributed by atoms with van der Waals surface area (Å²) in [6.07, 6.45) is 1.65. The van der Waals surface area contributed by atoms with Gasteiger partial charge in [-0.2, -0.15) is 5.10 Å². The Balaban J connectivity index is 2.05. The van der Waals surface area contributed by atoms with E-state index in [1.54, 1.807) is 12.3 Å². The molecule has 0 unspecified atom stereocenters. The fourth-order valence-electron chi connectivity index (χ4n) is 1.95. The number of aromatic amines is 1. The summed E-state index contributed by atoms with van der Waals surface area (Å²) in [5.74, 6) is -0.228. The molecule has 1 N–H and O–H groups in total. The zero-order valence-corrected chi connectivity index (χ0v) is 9.60. The van der Waals surface area contributed by atoms with Gasteiger partial charge in [-0.25, -0.2) is 4.39 Å². The summed E-state index contributed by atoms with van der Waals surface area (Å²) in [6, 6.07) is 16.5. The first kappa shape index (κ1) is 10.7. The van der Waals surface area contributed by atoms with E-state index < -0.39 is 0 Å². The highest BCUT2D eigenvalue weighted by Gasteiger charge is 2.07. The van der Waals surface area contributed by atoms with E-state index in [1.165, 1.54) is 6.07 Å². The van der Waals surface area contributed by atoms with E-state index in [-0.39, 0.29) is 5.82 Å². The molecule has 1 aromatic heterocycles. The Bertz CT molecular complexity index is 646. The molecule has 0 aliphatic rings. The number of H-pyrrole nitrogens is 1. The Morgan fingerprint density at radius 1 is 0.889 bits per heavy atom. The average Bonchev–Trinajstić information content (AvgIpc) is 2.93. The first-order valence-electron chi connectivity index (χ1n) is 5.69. The minimum Gasteiger partial charge on any atom is -0.278 e. The summed E-state index contributed by atoms with van der Waals surface area (Å²) >= 11 is 0. The lowest BCUT2D eigenvalue weighted by molar-refractivity contribution is 0.632. The molecule has 0 saturated carbocycles. The predicted molar refractivity (Wildman–Crippen MR) is 69.4 cm³/mol. The van der Waals surface area contributed by atoms with Gasteiger partial charge < -0.3 is 0 Å². The number of benzene rings is 2. The highest BCUT2D eigenvalue weighted by Crippen LogP contribution is 2.26. The van der Waals surface area contributed by atoms with Crippen molar-refractivity contribution < 1.29 is 4.39 Å². The van der Waals surface area contributed by atoms with Gasteiger partial charge in [-0.05, 0) is 17.7 Å². The molecule has 18 heavy (non-hydrogen) atoms. The molecular weight excluding hydrogens is 227 g/mol. The molecule has 1 heterocycles. The molecule has 0 radical (unpaired) electrons. The standard InChI is InChI=1S/C15H11FN2/c16-14-10-12(15-8-9-17-18-15)6-7-13(14)11-4-2-1-3-5-11/h1-10H,(H,17,18). The zero-order chi connectivity index (χ0) is 12.4. The molecule has 0 aliphatic heterocycles. The van der Waals surface area contributed by atoms with Gasteiger partial charge in [0.05, 0.1) is 5.69 Å². The van der Waals surface area contributed by atoms with E-state index in [2.05, 4.69) is 10.2 Å².